The Morgan fingerprint density at radius 1 is 1.48 bits per heavy atom. The van der Waals surface area contributed by atoms with E-state index in [1.54, 1.807) is 6.07 Å². The zero-order chi connectivity index (χ0) is 16.6. The summed E-state index contributed by atoms with van der Waals surface area (Å²) < 4.78 is 2.36. The molecule has 0 saturated heterocycles. The van der Waals surface area contributed by atoms with Crippen molar-refractivity contribution in [2.45, 2.75) is 39.2 Å². The van der Waals surface area contributed by atoms with Crippen LogP contribution in [0, 0.1) is 11.3 Å². The molecule has 0 saturated carbocycles. The van der Waals surface area contributed by atoms with Crippen LogP contribution in [0.5, 0.6) is 5.75 Å². The molecule has 5 nitrogen and oxygen atoms in total. The number of hydrogen-bond donors (Lipinski definition) is 1. The Hall–Kier alpha value is -2.13. The minimum atomic E-state index is -0.153. The number of nitriles is 1. The van der Waals surface area contributed by atoms with Crippen LogP contribution in [0.15, 0.2) is 16.6 Å². The Kier molecular flexibility index (Phi) is 4.22. The number of imidazole rings is 1. The maximum Gasteiger partial charge on any atom is 0.211 e. The molecule has 0 aliphatic carbocycles. The van der Waals surface area contributed by atoms with E-state index in [-0.39, 0.29) is 17.1 Å². The molecule has 2 aromatic rings. The molecular formula is C17H16BrN3O2. The molecule has 1 aliphatic heterocycles. The zero-order valence-corrected chi connectivity index (χ0v) is 14.4. The Balaban J connectivity index is 2.13. The van der Waals surface area contributed by atoms with Gasteiger partial charge in [-0.25, -0.2) is 4.98 Å². The average Bonchev–Trinajstić information content (AvgIpc) is 2.95. The van der Waals surface area contributed by atoms with Gasteiger partial charge in [-0.15, -0.1) is 0 Å². The number of hydrogen-bond acceptors (Lipinski definition) is 4. The Morgan fingerprint density at radius 2 is 2.26 bits per heavy atom. The second-order valence-electron chi connectivity index (χ2n) is 5.58. The second kappa shape index (κ2) is 6.17. The topological polar surface area (TPSA) is 78.9 Å². The number of halogens is 1. The van der Waals surface area contributed by atoms with Crippen LogP contribution in [-0.4, -0.2) is 20.4 Å². The molecule has 0 fully saturated rings. The lowest BCUT2D eigenvalue weighted by atomic mass is 10.0. The first-order valence-electron chi connectivity index (χ1n) is 7.62. The van der Waals surface area contributed by atoms with Crippen molar-refractivity contribution in [3.05, 3.63) is 44.9 Å². The molecule has 1 N–H and O–H groups in total. The second-order valence-corrected chi connectivity index (χ2v) is 6.44. The van der Waals surface area contributed by atoms with E-state index < -0.39 is 0 Å². The summed E-state index contributed by atoms with van der Waals surface area (Å²) in [7, 11) is 0. The number of ketones is 1. The molecule has 6 heteroatoms. The molecule has 0 unspecified atom stereocenters. The lowest BCUT2D eigenvalue weighted by Gasteiger charge is -2.16. The Bertz CT molecular complexity index is 833. The molecular weight excluding hydrogens is 358 g/mol. The maximum atomic E-state index is 13.0. The number of aryl methyl sites for hydroxylation is 2. The van der Waals surface area contributed by atoms with Gasteiger partial charge in [-0.1, -0.05) is 6.92 Å². The number of phenolic OH excluding ortho intramolecular Hbond substituents is 1. The third-order valence-electron chi connectivity index (χ3n) is 4.15. The van der Waals surface area contributed by atoms with Crippen molar-refractivity contribution < 1.29 is 9.90 Å². The molecule has 1 aromatic carbocycles. The number of carbonyl (C=O) groups is 1. The van der Waals surface area contributed by atoms with Crippen LogP contribution in [0.4, 0.5) is 0 Å². The molecule has 23 heavy (non-hydrogen) atoms. The van der Waals surface area contributed by atoms with E-state index >= 15 is 0 Å². The van der Waals surface area contributed by atoms with Gasteiger partial charge in [0.25, 0.3) is 0 Å². The first-order chi connectivity index (χ1) is 11.1. The highest BCUT2D eigenvalue weighted by Crippen LogP contribution is 2.31. The van der Waals surface area contributed by atoms with Crippen molar-refractivity contribution in [3.63, 3.8) is 0 Å². The number of fused-ring (bicyclic) bond motifs is 1. The van der Waals surface area contributed by atoms with Crippen molar-refractivity contribution in [1.29, 1.82) is 5.26 Å². The van der Waals surface area contributed by atoms with Gasteiger partial charge in [0.2, 0.25) is 5.78 Å². The molecule has 1 aromatic heterocycles. The van der Waals surface area contributed by atoms with Gasteiger partial charge < -0.3 is 9.67 Å². The van der Waals surface area contributed by atoms with Crippen LogP contribution in [0.25, 0.3) is 0 Å². The number of aromatic nitrogens is 2. The van der Waals surface area contributed by atoms with Crippen LogP contribution < -0.4 is 0 Å². The summed E-state index contributed by atoms with van der Waals surface area (Å²) in [4.78, 5) is 17.6. The SMILES string of the molecule is CCc1nc2n(c1C(=O)c1cc(Br)c(O)c(C#N)c1)CCCC2. The highest BCUT2D eigenvalue weighted by atomic mass is 79.9. The van der Waals surface area contributed by atoms with E-state index in [0.29, 0.717) is 22.2 Å². The number of carbonyl (C=O) groups excluding carboxylic acids is 1. The van der Waals surface area contributed by atoms with Crippen LogP contribution in [0.2, 0.25) is 0 Å². The molecule has 3 rings (SSSR count). The summed E-state index contributed by atoms with van der Waals surface area (Å²) in [6, 6.07) is 4.90. The molecule has 0 amide bonds. The van der Waals surface area contributed by atoms with Crippen molar-refractivity contribution >= 4 is 21.7 Å². The number of rotatable bonds is 3. The molecule has 1 aliphatic rings. The van der Waals surface area contributed by atoms with Gasteiger partial charge >= 0.3 is 0 Å². The van der Waals surface area contributed by atoms with E-state index in [4.69, 9.17) is 5.26 Å². The molecule has 0 atom stereocenters. The number of aromatic hydroxyl groups is 1. The number of phenols is 1. The van der Waals surface area contributed by atoms with Crippen LogP contribution in [-0.2, 0) is 19.4 Å². The Morgan fingerprint density at radius 3 is 2.96 bits per heavy atom. The molecule has 0 bridgehead atoms. The predicted molar refractivity (Wildman–Crippen MR) is 88.5 cm³/mol. The first-order valence-corrected chi connectivity index (χ1v) is 8.41. The van der Waals surface area contributed by atoms with Gasteiger partial charge in [0, 0.05) is 18.5 Å². The molecule has 0 radical (unpaired) electrons. The highest BCUT2D eigenvalue weighted by Gasteiger charge is 2.25. The quantitative estimate of drug-likeness (QED) is 0.836. The van der Waals surface area contributed by atoms with E-state index in [1.807, 2.05) is 17.6 Å². The van der Waals surface area contributed by atoms with E-state index in [2.05, 4.69) is 20.9 Å². The summed E-state index contributed by atoms with van der Waals surface area (Å²) in [6.45, 7) is 2.78. The standard InChI is InChI=1S/C17H16BrN3O2/c1-2-13-15(21-6-4-3-5-14(21)20-13)17(23)10-7-11(9-19)16(22)12(18)8-10/h7-8,22H,2-6H2,1H3. The summed E-state index contributed by atoms with van der Waals surface area (Å²) in [5, 5.41) is 18.9. The highest BCUT2D eigenvalue weighted by molar-refractivity contribution is 9.10. The molecule has 2 heterocycles. The van der Waals surface area contributed by atoms with Gasteiger partial charge in [0.05, 0.1) is 15.7 Å². The predicted octanol–water partition coefficient (Wildman–Crippen LogP) is 3.35. The van der Waals surface area contributed by atoms with Crippen LogP contribution in [0.3, 0.4) is 0 Å². The normalized spacial score (nSPS) is 13.4. The third-order valence-corrected chi connectivity index (χ3v) is 4.75. The van der Waals surface area contributed by atoms with E-state index in [0.717, 1.165) is 37.3 Å². The average molecular weight is 374 g/mol. The van der Waals surface area contributed by atoms with Gasteiger partial charge in [-0.2, -0.15) is 5.26 Å². The Labute approximate surface area is 142 Å². The summed E-state index contributed by atoms with van der Waals surface area (Å²) in [6.07, 6.45) is 3.71. The van der Waals surface area contributed by atoms with Gasteiger partial charge in [-0.05, 0) is 47.3 Å². The van der Waals surface area contributed by atoms with Gasteiger partial charge in [-0.3, -0.25) is 4.79 Å². The van der Waals surface area contributed by atoms with Crippen LogP contribution in [0.1, 0.15) is 52.9 Å². The van der Waals surface area contributed by atoms with Crippen molar-refractivity contribution in [2.75, 3.05) is 0 Å². The minimum absolute atomic E-state index is 0.0826. The monoisotopic (exact) mass is 373 g/mol. The summed E-state index contributed by atoms with van der Waals surface area (Å²) in [5.74, 6) is 0.671. The van der Waals surface area contributed by atoms with Crippen molar-refractivity contribution in [2.24, 2.45) is 0 Å². The fourth-order valence-corrected chi connectivity index (χ4v) is 3.45. The van der Waals surface area contributed by atoms with Gasteiger partial charge in [0.15, 0.2) is 0 Å². The lowest BCUT2D eigenvalue weighted by Crippen LogP contribution is -2.17. The number of benzene rings is 1. The van der Waals surface area contributed by atoms with E-state index in [1.165, 1.54) is 6.07 Å². The summed E-state index contributed by atoms with van der Waals surface area (Å²) in [5.41, 5.74) is 1.88. The molecule has 118 valence electrons. The van der Waals surface area contributed by atoms with Crippen molar-refractivity contribution in [1.82, 2.24) is 9.55 Å². The fraction of sp³-hybridized carbons (Fsp3) is 0.353. The van der Waals surface area contributed by atoms with Crippen molar-refractivity contribution in [3.8, 4) is 11.8 Å². The molecule has 0 spiro atoms. The lowest BCUT2D eigenvalue weighted by molar-refractivity contribution is 0.102. The van der Waals surface area contributed by atoms with Gasteiger partial charge in [0.1, 0.15) is 23.3 Å². The summed E-state index contributed by atoms with van der Waals surface area (Å²) >= 11 is 3.20. The first kappa shape index (κ1) is 15.8. The third kappa shape index (κ3) is 2.66. The minimum Gasteiger partial charge on any atom is -0.505 e. The fourth-order valence-electron chi connectivity index (χ4n) is 2.99. The zero-order valence-electron chi connectivity index (χ0n) is 12.8. The largest absolute Gasteiger partial charge is 0.505 e. The van der Waals surface area contributed by atoms with Crippen LogP contribution >= 0.6 is 15.9 Å². The maximum absolute atomic E-state index is 13.0. The number of nitrogens with zero attached hydrogens (tertiary/aromatic N) is 3. The van der Waals surface area contributed by atoms with E-state index in [9.17, 15) is 9.90 Å². The smallest absolute Gasteiger partial charge is 0.211 e.